The van der Waals surface area contributed by atoms with Gasteiger partial charge in [0, 0.05) is 18.2 Å². The molecule has 2 amide bonds. The molecule has 0 saturated heterocycles. The second-order valence-corrected chi connectivity index (χ2v) is 8.16. The Kier molecular flexibility index (Phi) is 6.80. The molecule has 4 rings (SSSR count). The van der Waals surface area contributed by atoms with Gasteiger partial charge >= 0.3 is 6.03 Å². The van der Waals surface area contributed by atoms with E-state index in [2.05, 4.69) is 20.7 Å². The summed E-state index contributed by atoms with van der Waals surface area (Å²) in [4.78, 5) is 30.1. The first-order chi connectivity index (χ1) is 16.0. The molecule has 0 bridgehead atoms. The Bertz CT molecular complexity index is 1320. The summed E-state index contributed by atoms with van der Waals surface area (Å²) >= 11 is 1.53. The summed E-state index contributed by atoms with van der Waals surface area (Å²) in [5.41, 5.74) is 2.88. The lowest BCUT2D eigenvalue weighted by molar-refractivity contribution is 0.251. The number of para-hydroxylation sites is 2. The van der Waals surface area contributed by atoms with E-state index in [4.69, 9.17) is 4.74 Å². The van der Waals surface area contributed by atoms with Crippen LogP contribution in [-0.2, 0) is 6.54 Å². The van der Waals surface area contributed by atoms with Crippen LogP contribution in [0.5, 0.6) is 5.75 Å². The second kappa shape index (κ2) is 10.1. The van der Waals surface area contributed by atoms with Gasteiger partial charge in [-0.15, -0.1) is 11.3 Å². The van der Waals surface area contributed by atoms with Crippen LogP contribution in [0.3, 0.4) is 0 Å². The number of nitrogens with zero attached hydrogens (tertiary/aromatic N) is 3. The zero-order valence-corrected chi connectivity index (χ0v) is 19.1. The molecule has 2 aromatic carbocycles. The number of carbonyl (C=O) groups excluding carboxylic acids is 1. The van der Waals surface area contributed by atoms with E-state index < -0.39 is 6.03 Å². The van der Waals surface area contributed by atoms with Crippen LogP contribution < -0.4 is 20.9 Å². The number of methoxy groups -OCH3 is 1. The smallest absolute Gasteiger partial charge is 0.319 e. The Balaban J connectivity index is 1.44. The molecule has 0 atom stereocenters. The molecule has 0 radical (unpaired) electrons. The van der Waals surface area contributed by atoms with E-state index in [1.165, 1.54) is 29.2 Å². The Labute approximate surface area is 194 Å². The molecule has 0 aliphatic rings. The van der Waals surface area contributed by atoms with Crippen molar-refractivity contribution in [1.82, 2.24) is 20.1 Å². The van der Waals surface area contributed by atoms with Crippen LogP contribution in [0, 0.1) is 6.92 Å². The maximum atomic E-state index is 12.3. The monoisotopic (exact) mass is 461 g/mol. The van der Waals surface area contributed by atoms with Crippen molar-refractivity contribution in [2.24, 2.45) is 0 Å². The zero-order chi connectivity index (χ0) is 23.2. The summed E-state index contributed by atoms with van der Waals surface area (Å²) in [5.74, 6) is 0.563. The largest absolute Gasteiger partial charge is 0.495 e. The summed E-state index contributed by atoms with van der Waals surface area (Å²) in [6, 6.07) is 19.9. The fourth-order valence-electron chi connectivity index (χ4n) is 3.26. The summed E-state index contributed by atoms with van der Waals surface area (Å²) in [5, 5.41) is 10.9. The quantitative estimate of drug-likeness (QED) is 0.430. The fourth-order valence-corrected chi connectivity index (χ4v) is 4.29. The lowest BCUT2D eigenvalue weighted by Crippen LogP contribution is -2.34. The first-order valence-electron chi connectivity index (χ1n) is 10.3. The third kappa shape index (κ3) is 5.27. The molecule has 33 heavy (non-hydrogen) atoms. The van der Waals surface area contributed by atoms with Gasteiger partial charge in [-0.05, 0) is 25.1 Å². The van der Waals surface area contributed by atoms with E-state index in [-0.39, 0.29) is 18.6 Å². The van der Waals surface area contributed by atoms with Crippen LogP contribution >= 0.6 is 11.3 Å². The molecular weight excluding hydrogens is 438 g/mol. The number of nitrogens with one attached hydrogen (secondary N) is 2. The van der Waals surface area contributed by atoms with Crippen molar-refractivity contribution < 1.29 is 9.53 Å². The van der Waals surface area contributed by atoms with Gasteiger partial charge < -0.3 is 15.4 Å². The first-order valence-corrected chi connectivity index (χ1v) is 11.2. The van der Waals surface area contributed by atoms with E-state index in [9.17, 15) is 9.59 Å². The number of hydrogen-bond donors (Lipinski definition) is 2. The van der Waals surface area contributed by atoms with Crippen molar-refractivity contribution in [3.8, 4) is 26.9 Å². The third-order valence-electron chi connectivity index (χ3n) is 4.88. The minimum atomic E-state index is -0.394. The number of amides is 2. The van der Waals surface area contributed by atoms with Gasteiger partial charge in [0.2, 0.25) is 0 Å². The molecule has 0 spiro atoms. The molecule has 2 aromatic heterocycles. The molecule has 8 nitrogen and oxygen atoms in total. The van der Waals surface area contributed by atoms with Gasteiger partial charge in [-0.25, -0.2) is 14.5 Å². The Morgan fingerprint density at radius 2 is 1.82 bits per heavy atom. The van der Waals surface area contributed by atoms with Gasteiger partial charge in [-0.3, -0.25) is 4.79 Å². The number of aromatic nitrogens is 3. The predicted molar refractivity (Wildman–Crippen MR) is 130 cm³/mol. The summed E-state index contributed by atoms with van der Waals surface area (Å²) < 4.78 is 6.58. The zero-order valence-electron chi connectivity index (χ0n) is 18.2. The van der Waals surface area contributed by atoms with Gasteiger partial charge in [-0.1, -0.05) is 42.5 Å². The highest BCUT2D eigenvalue weighted by Crippen LogP contribution is 2.33. The van der Waals surface area contributed by atoms with Crippen molar-refractivity contribution >= 4 is 23.1 Å². The highest BCUT2D eigenvalue weighted by atomic mass is 32.1. The van der Waals surface area contributed by atoms with Crippen LogP contribution in [-0.4, -0.2) is 34.5 Å². The predicted octanol–water partition coefficient (Wildman–Crippen LogP) is 4.17. The van der Waals surface area contributed by atoms with Crippen LogP contribution in [0.2, 0.25) is 0 Å². The summed E-state index contributed by atoms with van der Waals surface area (Å²) in [6.45, 7) is 2.39. The van der Waals surface area contributed by atoms with E-state index in [1.807, 2.05) is 43.3 Å². The Morgan fingerprint density at radius 1 is 1.06 bits per heavy atom. The van der Waals surface area contributed by atoms with Crippen LogP contribution in [0.25, 0.3) is 21.1 Å². The van der Waals surface area contributed by atoms with Crippen LogP contribution in [0.4, 0.5) is 10.5 Å². The van der Waals surface area contributed by atoms with Crippen molar-refractivity contribution in [1.29, 1.82) is 0 Å². The average Bonchev–Trinajstić information content (AvgIpc) is 3.23. The number of carbonyl (C=O) groups is 1. The Hall–Kier alpha value is -3.98. The van der Waals surface area contributed by atoms with Gasteiger partial charge in [0.15, 0.2) is 0 Å². The highest BCUT2D eigenvalue weighted by molar-refractivity contribution is 7.18. The molecule has 9 heteroatoms. The minimum absolute atomic E-state index is 0.230. The fraction of sp³-hybridized carbons (Fsp3) is 0.167. The lowest BCUT2D eigenvalue weighted by Gasteiger charge is -2.11. The van der Waals surface area contributed by atoms with Gasteiger partial charge in [0.25, 0.3) is 5.56 Å². The lowest BCUT2D eigenvalue weighted by atomic mass is 10.2. The summed E-state index contributed by atoms with van der Waals surface area (Å²) in [7, 11) is 1.54. The number of anilines is 1. The van der Waals surface area contributed by atoms with Gasteiger partial charge in [0.1, 0.15) is 16.5 Å². The number of ether oxygens (including phenoxy) is 1. The maximum absolute atomic E-state index is 12.3. The molecule has 168 valence electrons. The van der Waals surface area contributed by atoms with Crippen molar-refractivity contribution in [3.63, 3.8) is 0 Å². The molecule has 0 unspecified atom stereocenters. The Morgan fingerprint density at radius 3 is 2.61 bits per heavy atom. The SMILES string of the molecule is COc1ccccc1NC(=O)NCCn1nc(-c2sc(-c3ccccc3)nc2C)ccc1=O. The number of hydrogen-bond acceptors (Lipinski definition) is 6. The van der Waals surface area contributed by atoms with Gasteiger partial charge in [0.05, 0.1) is 29.9 Å². The number of aryl methyl sites for hydroxylation is 1. The number of benzene rings is 2. The average molecular weight is 462 g/mol. The normalized spacial score (nSPS) is 10.6. The molecule has 0 fully saturated rings. The van der Waals surface area contributed by atoms with Crippen LogP contribution in [0.1, 0.15) is 5.69 Å². The number of rotatable bonds is 7. The second-order valence-electron chi connectivity index (χ2n) is 7.16. The topological polar surface area (TPSA) is 98.1 Å². The standard InChI is InChI=1S/C24H23N5O3S/c1-16-22(33-23(26-16)17-8-4-3-5-9-17)19-12-13-21(30)29(28-19)15-14-25-24(31)27-18-10-6-7-11-20(18)32-2/h3-13H,14-15H2,1-2H3,(H2,25,27,31). The van der Waals surface area contributed by atoms with Crippen molar-refractivity contribution in [2.45, 2.75) is 13.5 Å². The highest BCUT2D eigenvalue weighted by Gasteiger charge is 2.14. The van der Waals surface area contributed by atoms with Crippen molar-refractivity contribution in [3.05, 3.63) is 82.8 Å². The molecule has 2 heterocycles. The van der Waals surface area contributed by atoms with E-state index >= 15 is 0 Å². The van der Waals surface area contributed by atoms with Crippen molar-refractivity contribution in [2.75, 3.05) is 19.0 Å². The summed E-state index contributed by atoms with van der Waals surface area (Å²) in [6.07, 6.45) is 0. The molecule has 4 aromatic rings. The molecule has 0 aliphatic heterocycles. The van der Waals surface area contributed by atoms with E-state index in [0.717, 1.165) is 21.1 Å². The molecule has 0 saturated carbocycles. The third-order valence-corrected chi connectivity index (χ3v) is 6.11. The van der Waals surface area contributed by atoms with Crippen LogP contribution in [0.15, 0.2) is 71.5 Å². The number of urea groups is 1. The van der Waals surface area contributed by atoms with E-state index in [0.29, 0.717) is 17.1 Å². The minimum Gasteiger partial charge on any atom is -0.495 e. The molecule has 2 N–H and O–H groups in total. The number of thiazole rings is 1. The molecule has 0 aliphatic carbocycles. The van der Waals surface area contributed by atoms with E-state index in [1.54, 1.807) is 24.3 Å². The maximum Gasteiger partial charge on any atom is 0.319 e. The molecular formula is C24H23N5O3S. The first kappa shape index (κ1) is 22.2. The van der Waals surface area contributed by atoms with Gasteiger partial charge in [-0.2, -0.15) is 5.10 Å².